The van der Waals surface area contributed by atoms with Crippen molar-refractivity contribution in [3.05, 3.63) is 252 Å². The van der Waals surface area contributed by atoms with Crippen LogP contribution in [0, 0.1) is 6.92 Å². The lowest BCUT2D eigenvalue weighted by Crippen LogP contribution is -2.31. The van der Waals surface area contributed by atoms with E-state index in [0.717, 1.165) is 133 Å². The number of rotatable bonds is 53. The maximum Gasteiger partial charge on any atom is 0.261 e. The average Bonchev–Trinajstić information content (AvgIpc) is 1.57. The van der Waals surface area contributed by atoms with Gasteiger partial charge in [0.2, 0.25) is 0 Å². The molecule has 0 unspecified atom stereocenters. The first-order valence-corrected chi connectivity index (χ1v) is 47.1. The molecule has 4 aliphatic heterocycles. The number of benzene rings is 6. The van der Waals surface area contributed by atoms with Crippen molar-refractivity contribution in [1.82, 2.24) is 19.6 Å². The van der Waals surface area contributed by atoms with Crippen LogP contribution in [0.1, 0.15) is 347 Å². The summed E-state index contributed by atoms with van der Waals surface area (Å²) in [6.45, 7) is 23.0. The van der Waals surface area contributed by atoms with Crippen LogP contribution in [0.5, 0.6) is 0 Å². The van der Waals surface area contributed by atoms with Gasteiger partial charge in [-0.3, -0.25) is 19.2 Å². The Labute approximate surface area is 718 Å². The smallest absolute Gasteiger partial charge is 0.261 e. The zero-order chi connectivity index (χ0) is 82.5. The first kappa shape index (κ1) is 93.6. The molecule has 6 aromatic carbocycles. The molecule has 0 fully saturated rings. The summed E-state index contributed by atoms with van der Waals surface area (Å²) in [5.74, 6) is -0.118. The van der Waals surface area contributed by atoms with E-state index < -0.39 is 0 Å². The number of fused-ring (bicyclic) bond motifs is 2. The van der Waals surface area contributed by atoms with E-state index in [-0.39, 0.29) is 23.6 Å². The van der Waals surface area contributed by atoms with Gasteiger partial charge in [0, 0.05) is 35.1 Å². The molecule has 0 saturated carbocycles. The molecule has 10 heteroatoms. The molecule has 8 nitrogen and oxygen atoms in total. The Morgan fingerprint density at radius 1 is 0.259 bits per heavy atom. The third-order valence-corrected chi connectivity index (χ3v) is 24.3. The van der Waals surface area contributed by atoms with Crippen molar-refractivity contribution in [3.8, 4) is 0 Å². The van der Waals surface area contributed by atoms with Crippen molar-refractivity contribution in [2.75, 3.05) is 26.2 Å². The minimum absolute atomic E-state index is 0.0271. The number of aryl methyl sites for hydroxylation is 1. The van der Waals surface area contributed by atoms with Crippen LogP contribution >= 0.6 is 31.9 Å². The van der Waals surface area contributed by atoms with Gasteiger partial charge in [0.1, 0.15) is 0 Å². The highest BCUT2D eigenvalue weighted by Gasteiger charge is 2.50. The number of nitrogens with zero attached hydrogens (tertiary/aromatic N) is 4. The molecule has 0 N–H and O–H groups in total. The first-order valence-electron chi connectivity index (χ1n) is 45.5. The zero-order valence-corrected chi connectivity index (χ0v) is 75.2. The van der Waals surface area contributed by atoms with E-state index in [9.17, 15) is 19.2 Å². The highest BCUT2D eigenvalue weighted by atomic mass is 79.9. The van der Waals surface area contributed by atoms with Crippen LogP contribution in [0.4, 0.5) is 0 Å². The number of amides is 4. The van der Waals surface area contributed by atoms with Crippen molar-refractivity contribution in [3.63, 3.8) is 0 Å². The largest absolute Gasteiger partial charge is 0.307 e. The molecule has 0 spiro atoms. The lowest BCUT2D eigenvalue weighted by molar-refractivity contribution is -0.124. The third-order valence-electron chi connectivity index (χ3n) is 23.2. The van der Waals surface area contributed by atoms with Crippen LogP contribution < -0.4 is 0 Å². The van der Waals surface area contributed by atoms with Gasteiger partial charge >= 0.3 is 0 Å². The van der Waals surface area contributed by atoms with Gasteiger partial charge in [-0.15, -0.1) is 0 Å². The summed E-state index contributed by atoms with van der Waals surface area (Å²) < 4.78 is 1.96. The summed E-state index contributed by atoms with van der Waals surface area (Å²) in [5, 5.41) is 0. The summed E-state index contributed by atoms with van der Waals surface area (Å²) in [7, 11) is 0. The van der Waals surface area contributed by atoms with Crippen molar-refractivity contribution < 1.29 is 19.2 Å². The van der Waals surface area contributed by atoms with Gasteiger partial charge in [0.25, 0.3) is 23.6 Å². The molecule has 116 heavy (non-hydrogen) atoms. The maximum atomic E-state index is 14.8. The molecule has 0 saturated heterocycles. The summed E-state index contributed by atoms with van der Waals surface area (Å²) >= 11 is 7.15. The highest BCUT2D eigenvalue weighted by molar-refractivity contribution is 9.10. The highest BCUT2D eigenvalue weighted by Crippen LogP contribution is 2.49. The second kappa shape index (κ2) is 53.5. The molecule has 0 aliphatic carbocycles. The number of hydrogen-bond acceptors (Lipinski definition) is 4. The Bertz CT molecular complexity index is 4040. The van der Waals surface area contributed by atoms with E-state index in [1.807, 2.05) is 111 Å². The van der Waals surface area contributed by atoms with E-state index in [4.69, 9.17) is 0 Å². The van der Waals surface area contributed by atoms with Crippen LogP contribution in [0.25, 0.3) is 53.2 Å². The number of carbonyl (C=O) groups excluding carboxylic acids is 4. The second-order valence-corrected chi connectivity index (χ2v) is 34.4. The Kier molecular flexibility index (Phi) is 43.2. The molecule has 0 bridgehead atoms. The normalized spacial score (nSPS) is 14.0. The zero-order valence-electron chi connectivity index (χ0n) is 72.0. The van der Waals surface area contributed by atoms with Gasteiger partial charge < -0.3 is 19.6 Å². The fourth-order valence-corrected chi connectivity index (χ4v) is 17.0. The van der Waals surface area contributed by atoms with Crippen molar-refractivity contribution in [1.29, 1.82) is 0 Å². The summed E-state index contributed by atoms with van der Waals surface area (Å²) in [4.78, 5) is 66.1. The number of carbonyl (C=O) groups is 4. The Morgan fingerprint density at radius 2 is 0.448 bits per heavy atom. The van der Waals surface area contributed by atoms with E-state index in [2.05, 4.69) is 177 Å². The standard InChI is InChI=1S/C54H72N2O2.C42H58Br2N2O2.C10H10/c1-5-8-10-12-14-16-18-20-22-24-41-55-51(47-37-27-43(4)28-38-47)49-50(54(55)58)52(56(53(49)57)42-25-23-21-19-17-15-13-11-9-6-2)48-39-35-46(36-40-48)34-33-45-31-29-44(26-7-3)30-32-45;1-3-5-7-9-11-13-15-17-19-21-31-45-39(33-23-27-35(43)28-24-33)37-38(41(45)47)40(34-25-29-36(44)30-26-34)46(42(37)48)32-22-20-18-16-14-12-10-8-6-4-2;1-3-9-5-7-10(4-2)8-6-9/h7,26-40H,5-6,8-25,41-42H2,1-4H3;23-30H,3-22,31-32H2,1-2H3;3-8H,1-2H2/b26-7+,34-33+;;. The topological polar surface area (TPSA) is 81.2 Å². The van der Waals surface area contributed by atoms with Crippen molar-refractivity contribution in [2.45, 2.75) is 298 Å². The minimum Gasteiger partial charge on any atom is -0.307 e. The van der Waals surface area contributed by atoms with Gasteiger partial charge in [-0.05, 0) is 114 Å². The monoisotopic (exact) mass is 1690 g/mol. The Hall–Kier alpha value is -7.92. The Balaban J connectivity index is 0.000000261. The summed E-state index contributed by atoms with van der Waals surface area (Å²) in [6.07, 6.45) is 61.8. The van der Waals surface area contributed by atoms with Gasteiger partial charge in [-0.25, -0.2) is 0 Å². The van der Waals surface area contributed by atoms with Crippen LogP contribution in [0.2, 0.25) is 0 Å². The van der Waals surface area contributed by atoms with Gasteiger partial charge in [0.15, 0.2) is 0 Å². The molecule has 0 radical (unpaired) electrons. The molecular formula is C106H140Br2N4O4. The molecule has 4 heterocycles. The van der Waals surface area contributed by atoms with Crippen LogP contribution in [0.3, 0.4) is 0 Å². The first-order chi connectivity index (χ1) is 56.8. The summed E-state index contributed by atoms with van der Waals surface area (Å²) in [6, 6.07) is 49.5. The minimum atomic E-state index is -0.0318. The lowest BCUT2D eigenvalue weighted by Gasteiger charge is -2.25. The molecule has 4 amide bonds. The SMILES string of the molecule is C/C=C/c1ccc(/C=C/c2ccc(C3=C4C(=O)N(CCCCCCCCCCCC)C(c5ccc(C)cc5)=C4C(=O)N3CCCCCCCCCCCC)cc2)cc1.C=Cc1ccc(C=C)cc1.CCCCCCCCCCCCN1C(=O)C2=C(c3ccc(Br)cc3)N(CCCCCCCCCCCC)C(=O)C2=C1c1ccc(Br)cc1. The van der Waals surface area contributed by atoms with Crippen molar-refractivity contribution >= 4 is 109 Å². The second-order valence-electron chi connectivity index (χ2n) is 32.5. The number of unbranched alkanes of at least 4 members (excludes halogenated alkanes) is 36. The van der Waals surface area contributed by atoms with E-state index in [1.54, 1.807) is 0 Å². The van der Waals surface area contributed by atoms with E-state index in [0.29, 0.717) is 48.5 Å². The van der Waals surface area contributed by atoms with Gasteiger partial charge in [-0.2, -0.15) is 0 Å². The number of hydrogen-bond donors (Lipinski definition) is 0. The maximum absolute atomic E-state index is 14.8. The third kappa shape index (κ3) is 29.3. The molecule has 622 valence electrons. The quantitative estimate of drug-likeness (QED) is 0.0281. The number of halogens is 2. The molecule has 0 aromatic heterocycles. The molecule has 10 rings (SSSR count). The molecule has 6 aromatic rings. The van der Waals surface area contributed by atoms with Crippen LogP contribution in [-0.4, -0.2) is 69.4 Å². The predicted molar refractivity (Wildman–Crippen MR) is 505 cm³/mol. The van der Waals surface area contributed by atoms with E-state index >= 15 is 0 Å². The van der Waals surface area contributed by atoms with Crippen molar-refractivity contribution in [2.24, 2.45) is 0 Å². The van der Waals surface area contributed by atoms with Gasteiger partial charge in [0.05, 0.1) is 45.1 Å². The lowest BCUT2D eigenvalue weighted by atomic mass is 10.0. The van der Waals surface area contributed by atoms with E-state index in [1.165, 1.54) is 211 Å². The fourth-order valence-electron chi connectivity index (χ4n) is 16.4. The fraction of sp³-hybridized carbons (Fsp3) is 0.472. The molecular weight excluding hydrogens is 1550 g/mol. The average molecular weight is 1690 g/mol. The van der Waals surface area contributed by atoms with Crippen LogP contribution in [-0.2, 0) is 19.2 Å². The molecule has 4 aliphatic rings. The number of allylic oxidation sites excluding steroid dienone is 1. The Morgan fingerprint density at radius 3 is 0.672 bits per heavy atom. The van der Waals surface area contributed by atoms with Gasteiger partial charge in [-0.1, -0.05) is 467 Å². The predicted octanol–water partition coefficient (Wildman–Crippen LogP) is 30.7. The van der Waals surface area contributed by atoms with Crippen LogP contribution in [0.15, 0.2) is 196 Å². The summed E-state index contributed by atoms with van der Waals surface area (Å²) in [5.41, 5.74) is 16.1. The molecule has 0 atom stereocenters.